The second-order valence-corrected chi connectivity index (χ2v) is 10.7. The summed E-state index contributed by atoms with van der Waals surface area (Å²) in [6.45, 7) is 10.1. The zero-order valence-electron chi connectivity index (χ0n) is 24.0. The number of alkyl carbamates (subject to hydrolysis) is 1. The van der Waals surface area contributed by atoms with Gasteiger partial charge in [0, 0.05) is 25.1 Å². The molecule has 0 bridgehead atoms. The topological polar surface area (TPSA) is 108 Å². The number of aromatic hydroxyl groups is 1. The maximum Gasteiger partial charge on any atom is 0.408 e. The van der Waals surface area contributed by atoms with Crippen molar-refractivity contribution in [2.45, 2.75) is 90.8 Å². The van der Waals surface area contributed by atoms with Crippen LogP contribution in [0.5, 0.6) is 5.75 Å². The highest BCUT2D eigenvalue weighted by Crippen LogP contribution is 2.30. The number of rotatable bonds is 14. The van der Waals surface area contributed by atoms with Crippen LogP contribution in [-0.4, -0.2) is 52.6 Å². The maximum absolute atomic E-state index is 14.3. The largest absolute Gasteiger partial charge is 0.508 e. The molecule has 0 aliphatic heterocycles. The molecule has 0 fully saturated rings. The van der Waals surface area contributed by atoms with Crippen molar-refractivity contribution in [3.05, 3.63) is 65.7 Å². The first kappa shape index (κ1) is 31.7. The molecule has 0 heterocycles. The number of unbranched alkanes of at least 4 members (excludes halogenated alkanes) is 3. The predicted molar refractivity (Wildman–Crippen MR) is 153 cm³/mol. The first-order chi connectivity index (χ1) is 18.6. The molecular formula is C31H45N3O5. The van der Waals surface area contributed by atoms with Gasteiger partial charge in [-0.25, -0.2) is 4.79 Å². The number of para-hydroxylation sites is 1. The monoisotopic (exact) mass is 539 g/mol. The van der Waals surface area contributed by atoms with Crippen LogP contribution >= 0.6 is 0 Å². The van der Waals surface area contributed by atoms with E-state index in [0.29, 0.717) is 18.5 Å². The number of ether oxygens (including phenoxy) is 1. The van der Waals surface area contributed by atoms with Gasteiger partial charge in [0.1, 0.15) is 23.4 Å². The van der Waals surface area contributed by atoms with E-state index in [1.165, 1.54) is 11.0 Å². The third-order valence-corrected chi connectivity index (χ3v) is 6.18. The molecule has 3 N–H and O–H groups in total. The molecular weight excluding hydrogens is 494 g/mol. The molecule has 0 saturated heterocycles. The number of phenols is 1. The van der Waals surface area contributed by atoms with E-state index in [2.05, 4.69) is 17.6 Å². The summed E-state index contributed by atoms with van der Waals surface area (Å²) in [6, 6.07) is 13.9. The first-order valence-electron chi connectivity index (χ1n) is 14.0. The van der Waals surface area contributed by atoms with Gasteiger partial charge in [-0.1, -0.05) is 81.6 Å². The van der Waals surface area contributed by atoms with E-state index in [1.54, 1.807) is 39.0 Å². The summed E-state index contributed by atoms with van der Waals surface area (Å²) in [5, 5.41) is 16.4. The Morgan fingerprint density at radius 1 is 0.923 bits per heavy atom. The van der Waals surface area contributed by atoms with Crippen LogP contribution in [0.4, 0.5) is 4.79 Å². The van der Waals surface area contributed by atoms with E-state index in [-0.39, 0.29) is 24.6 Å². The zero-order chi connectivity index (χ0) is 28.8. The Kier molecular flexibility index (Phi) is 12.8. The van der Waals surface area contributed by atoms with Crippen molar-refractivity contribution in [2.75, 3.05) is 13.1 Å². The Morgan fingerprint density at radius 3 is 2.18 bits per heavy atom. The van der Waals surface area contributed by atoms with Gasteiger partial charge >= 0.3 is 6.09 Å². The quantitative estimate of drug-likeness (QED) is 0.275. The van der Waals surface area contributed by atoms with Gasteiger partial charge in [0.05, 0.1) is 0 Å². The fraction of sp³-hybridized carbons (Fsp3) is 0.516. The summed E-state index contributed by atoms with van der Waals surface area (Å²) in [6.07, 6.45) is 3.65. The molecule has 0 aliphatic carbocycles. The summed E-state index contributed by atoms with van der Waals surface area (Å²) in [5.41, 5.74) is 0.446. The second-order valence-electron chi connectivity index (χ2n) is 10.7. The van der Waals surface area contributed by atoms with Crippen LogP contribution in [-0.2, 0) is 20.7 Å². The normalized spacial score (nSPS) is 12.7. The smallest absolute Gasteiger partial charge is 0.408 e. The number of carbonyl (C=O) groups excluding carboxylic acids is 3. The minimum absolute atomic E-state index is 0.0684. The Morgan fingerprint density at radius 2 is 1.56 bits per heavy atom. The number of benzene rings is 2. The molecule has 2 rings (SSSR count). The summed E-state index contributed by atoms with van der Waals surface area (Å²) >= 11 is 0. The summed E-state index contributed by atoms with van der Waals surface area (Å²) in [5.74, 6) is -0.855. The molecule has 8 nitrogen and oxygen atoms in total. The van der Waals surface area contributed by atoms with E-state index in [0.717, 1.165) is 31.2 Å². The maximum atomic E-state index is 14.3. The molecule has 0 spiro atoms. The number of hydrogen-bond acceptors (Lipinski definition) is 5. The van der Waals surface area contributed by atoms with Crippen molar-refractivity contribution in [3.63, 3.8) is 0 Å². The third kappa shape index (κ3) is 10.6. The molecule has 8 heteroatoms. The van der Waals surface area contributed by atoms with Crippen LogP contribution in [0.15, 0.2) is 54.6 Å². The average molecular weight is 540 g/mol. The first-order valence-corrected chi connectivity index (χ1v) is 14.0. The predicted octanol–water partition coefficient (Wildman–Crippen LogP) is 5.50. The highest BCUT2D eigenvalue weighted by Gasteiger charge is 2.37. The third-order valence-electron chi connectivity index (χ3n) is 6.18. The minimum atomic E-state index is -1.06. The molecule has 2 atom stereocenters. The Hall–Kier alpha value is -3.55. The summed E-state index contributed by atoms with van der Waals surface area (Å²) < 4.78 is 5.47. The van der Waals surface area contributed by atoms with Gasteiger partial charge in [-0.2, -0.15) is 0 Å². The Balaban J connectivity index is 2.52. The molecule has 214 valence electrons. The lowest BCUT2D eigenvalue weighted by Crippen LogP contribution is -2.54. The molecule has 0 aromatic heterocycles. The number of phenolic OH excluding ortho intramolecular Hbond substituents is 1. The van der Waals surface area contributed by atoms with Crippen molar-refractivity contribution in [2.24, 2.45) is 0 Å². The van der Waals surface area contributed by atoms with Crippen LogP contribution in [0.2, 0.25) is 0 Å². The fourth-order valence-corrected chi connectivity index (χ4v) is 4.25. The van der Waals surface area contributed by atoms with Crippen molar-refractivity contribution in [3.8, 4) is 5.75 Å². The lowest BCUT2D eigenvalue weighted by Gasteiger charge is -2.35. The van der Waals surface area contributed by atoms with Crippen LogP contribution in [0.3, 0.4) is 0 Å². The lowest BCUT2D eigenvalue weighted by molar-refractivity contribution is -0.142. The van der Waals surface area contributed by atoms with E-state index in [4.69, 9.17) is 4.74 Å². The van der Waals surface area contributed by atoms with Gasteiger partial charge in [-0.05, 0) is 45.2 Å². The SMILES string of the molecule is CCCCCN(C(=O)C(Cc1ccccc1)NC(=O)OC(C)(C)C)C(C(=O)NCCCC)c1ccccc1O. The molecule has 0 radical (unpaired) electrons. The van der Waals surface area contributed by atoms with Gasteiger partial charge in [-0.15, -0.1) is 0 Å². The number of nitrogens with zero attached hydrogens (tertiary/aromatic N) is 1. The Labute approximate surface area is 233 Å². The fourth-order valence-electron chi connectivity index (χ4n) is 4.25. The van der Waals surface area contributed by atoms with Gasteiger partial charge < -0.3 is 25.4 Å². The summed E-state index contributed by atoms with van der Waals surface area (Å²) in [7, 11) is 0. The van der Waals surface area contributed by atoms with Gasteiger partial charge in [-0.3, -0.25) is 9.59 Å². The molecule has 2 aromatic carbocycles. The van der Waals surface area contributed by atoms with E-state index >= 15 is 0 Å². The highest BCUT2D eigenvalue weighted by molar-refractivity contribution is 5.92. The molecule has 0 saturated carbocycles. The van der Waals surface area contributed by atoms with Crippen LogP contribution in [0.1, 0.15) is 83.9 Å². The molecule has 2 unspecified atom stereocenters. The number of nitrogens with one attached hydrogen (secondary N) is 2. The van der Waals surface area contributed by atoms with Gasteiger partial charge in [0.15, 0.2) is 0 Å². The van der Waals surface area contributed by atoms with Crippen LogP contribution in [0.25, 0.3) is 0 Å². The number of hydrogen-bond donors (Lipinski definition) is 3. The van der Waals surface area contributed by atoms with E-state index < -0.39 is 29.7 Å². The van der Waals surface area contributed by atoms with E-state index in [9.17, 15) is 19.5 Å². The molecule has 0 aliphatic rings. The molecule has 2 aromatic rings. The summed E-state index contributed by atoms with van der Waals surface area (Å²) in [4.78, 5) is 42.2. The highest BCUT2D eigenvalue weighted by atomic mass is 16.6. The molecule has 39 heavy (non-hydrogen) atoms. The van der Waals surface area contributed by atoms with Crippen LogP contribution in [0, 0.1) is 0 Å². The minimum Gasteiger partial charge on any atom is -0.508 e. The van der Waals surface area contributed by atoms with Gasteiger partial charge in [0.25, 0.3) is 0 Å². The standard InChI is InChI=1S/C31H45N3O5/c1-6-8-15-21-34(27(28(36)32-20-9-7-2)24-18-13-14-19-26(24)35)29(37)25(22-23-16-11-10-12-17-23)33-30(38)39-31(3,4)5/h10-14,16-19,25,27,35H,6-9,15,20-22H2,1-5H3,(H,32,36)(H,33,38). The van der Waals surface area contributed by atoms with Crippen molar-refractivity contribution in [1.29, 1.82) is 0 Å². The lowest BCUT2D eigenvalue weighted by atomic mass is 9.99. The average Bonchev–Trinajstić information content (AvgIpc) is 2.88. The zero-order valence-corrected chi connectivity index (χ0v) is 24.0. The molecule has 3 amide bonds. The number of amides is 3. The van der Waals surface area contributed by atoms with Crippen molar-refractivity contribution >= 4 is 17.9 Å². The number of carbonyl (C=O) groups is 3. The van der Waals surface area contributed by atoms with E-state index in [1.807, 2.05) is 37.3 Å². The Bertz CT molecular complexity index is 1050. The second kappa shape index (κ2) is 15.8. The van der Waals surface area contributed by atoms with Crippen molar-refractivity contribution in [1.82, 2.24) is 15.5 Å². The van der Waals surface area contributed by atoms with Crippen LogP contribution < -0.4 is 10.6 Å². The van der Waals surface area contributed by atoms with Gasteiger partial charge in [0.2, 0.25) is 11.8 Å². The van der Waals surface area contributed by atoms with Crippen molar-refractivity contribution < 1.29 is 24.2 Å².